The van der Waals surface area contributed by atoms with Gasteiger partial charge in [-0.1, -0.05) is 0 Å². The first-order chi connectivity index (χ1) is 7.54. The first-order valence-corrected chi connectivity index (χ1v) is 4.90. The van der Waals surface area contributed by atoms with Gasteiger partial charge in [0, 0.05) is 18.7 Å². The molecule has 90 valence electrons. The van der Waals surface area contributed by atoms with Gasteiger partial charge >= 0.3 is 0 Å². The second-order valence-corrected chi connectivity index (χ2v) is 3.30. The van der Waals surface area contributed by atoms with Crippen LogP contribution in [0.15, 0.2) is 6.07 Å². The first-order valence-electron chi connectivity index (χ1n) is 4.90. The van der Waals surface area contributed by atoms with E-state index in [1.807, 2.05) is 6.92 Å². The minimum atomic E-state index is -1.33. The highest BCUT2D eigenvalue weighted by Gasteiger charge is 2.13. The van der Waals surface area contributed by atoms with Crippen molar-refractivity contribution in [1.29, 1.82) is 0 Å². The van der Waals surface area contributed by atoms with Gasteiger partial charge in [-0.25, -0.2) is 8.78 Å². The second-order valence-electron chi connectivity index (χ2n) is 3.30. The van der Waals surface area contributed by atoms with E-state index in [0.29, 0.717) is 19.3 Å². The lowest BCUT2D eigenvalue weighted by Crippen LogP contribution is -2.23. The zero-order chi connectivity index (χ0) is 12.1. The Hall–Kier alpha value is -1.30. The van der Waals surface area contributed by atoms with E-state index in [4.69, 9.17) is 4.74 Å². The lowest BCUT2D eigenvalue weighted by atomic mass is 10.3. The number of halogens is 3. The summed E-state index contributed by atoms with van der Waals surface area (Å²) in [4.78, 5) is 3.14. The minimum Gasteiger partial charge on any atom is -0.380 e. The van der Waals surface area contributed by atoms with Crippen LogP contribution >= 0.6 is 0 Å². The Morgan fingerprint density at radius 3 is 2.69 bits per heavy atom. The fourth-order valence-electron chi connectivity index (χ4n) is 1.12. The largest absolute Gasteiger partial charge is 0.380 e. The lowest BCUT2D eigenvalue weighted by molar-refractivity contribution is 0.141. The molecule has 0 saturated heterocycles. The van der Waals surface area contributed by atoms with Crippen LogP contribution in [0.2, 0.25) is 0 Å². The molecular formula is C10H13F3N2O. The highest BCUT2D eigenvalue weighted by Crippen LogP contribution is 2.15. The van der Waals surface area contributed by atoms with Crippen molar-refractivity contribution in [1.82, 2.24) is 4.98 Å². The van der Waals surface area contributed by atoms with E-state index in [9.17, 15) is 13.2 Å². The monoisotopic (exact) mass is 234 g/mol. The predicted octanol–water partition coefficient (Wildman–Crippen LogP) is 2.34. The van der Waals surface area contributed by atoms with Crippen LogP contribution in [0.4, 0.5) is 19.0 Å². The van der Waals surface area contributed by atoms with E-state index in [1.165, 1.54) is 0 Å². The molecule has 0 aliphatic rings. The summed E-state index contributed by atoms with van der Waals surface area (Å²) in [6.45, 7) is 4.40. The van der Waals surface area contributed by atoms with Crippen molar-refractivity contribution in [3.8, 4) is 0 Å². The topological polar surface area (TPSA) is 34.1 Å². The summed E-state index contributed by atoms with van der Waals surface area (Å²) in [6.07, 6.45) is 0. The number of hydrogen-bond acceptors (Lipinski definition) is 3. The number of rotatable bonds is 5. The maximum Gasteiger partial charge on any atom is 0.251 e. The van der Waals surface area contributed by atoms with E-state index in [0.717, 1.165) is 0 Å². The third-order valence-electron chi connectivity index (χ3n) is 1.84. The summed E-state index contributed by atoms with van der Waals surface area (Å²) in [6, 6.07) is 0.213. The highest BCUT2D eigenvalue weighted by atomic mass is 19.2. The molecule has 0 aromatic carbocycles. The average Bonchev–Trinajstić information content (AvgIpc) is 2.23. The Kier molecular flexibility index (Phi) is 4.54. The first kappa shape index (κ1) is 12.8. The predicted molar refractivity (Wildman–Crippen MR) is 53.7 cm³/mol. The van der Waals surface area contributed by atoms with Crippen LogP contribution in [0.3, 0.4) is 0 Å². The van der Waals surface area contributed by atoms with Gasteiger partial charge in [-0.15, -0.1) is 0 Å². The standard InChI is InChI=1S/C10H13F3N2O/c1-3-16-5-6(2)14-10-8(12)4-7(11)9(13)15-10/h4,6H,3,5H2,1-2H3,(H,14,15). The van der Waals surface area contributed by atoms with E-state index in [2.05, 4.69) is 10.3 Å². The van der Waals surface area contributed by atoms with Crippen LogP contribution in [-0.2, 0) is 4.74 Å². The normalized spacial score (nSPS) is 12.6. The van der Waals surface area contributed by atoms with Gasteiger partial charge in [0.25, 0.3) is 5.95 Å². The molecule has 3 nitrogen and oxygen atoms in total. The number of aromatic nitrogens is 1. The summed E-state index contributed by atoms with van der Waals surface area (Å²) >= 11 is 0. The lowest BCUT2D eigenvalue weighted by Gasteiger charge is -2.14. The maximum absolute atomic E-state index is 13.1. The van der Waals surface area contributed by atoms with Gasteiger partial charge in [0.1, 0.15) is 0 Å². The van der Waals surface area contributed by atoms with Gasteiger partial charge in [-0.2, -0.15) is 9.37 Å². The Morgan fingerprint density at radius 2 is 2.06 bits per heavy atom. The quantitative estimate of drug-likeness (QED) is 0.794. The van der Waals surface area contributed by atoms with Crippen LogP contribution in [0.1, 0.15) is 13.8 Å². The van der Waals surface area contributed by atoms with Gasteiger partial charge in [-0.3, -0.25) is 0 Å². The molecule has 1 heterocycles. The molecule has 16 heavy (non-hydrogen) atoms. The Morgan fingerprint density at radius 1 is 1.38 bits per heavy atom. The van der Waals surface area contributed by atoms with Gasteiger partial charge in [0.2, 0.25) is 0 Å². The van der Waals surface area contributed by atoms with Crippen LogP contribution in [-0.4, -0.2) is 24.2 Å². The van der Waals surface area contributed by atoms with Crippen molar-refractivity contribution in [2.75, 3.05) is 18.5 Å². The summed E-state index contributed by atoms with van der Waals surface area (Å²) in [7, 11) is 0. The van der Waals surface area contributed by atoms with Crippen molar-refractivity contribution in [3.05, 3.63) is 23.6 Å². The third-order valence-corrected chi connectivity index (χ3v) is 1.84. The molecular weight excluding hydrogens is 221 g/mol. The number of hydrogen-bond donors (Lipinski definition) is 1. The van der Waals surface area contributed by atoms with Gasteiger partial charge in [-0.05, 0) is 13.8 Å². The molecule has 1 unspecified atom stereocenters. The SMILES string of the molecule is CCOCC(C)Nc1nc(F)c(F)cc1F. The maximum atomic E-state index is 13.1. The molecule has 0 bridgehead atoms. The summed E-state index contributed by atoms with van der Waals surface area (Å²) in [5, 5.41) is 2.60. The van der Waals surface area contributed by atoms with E-state index >= 15 is 0 Å². The van der Waals surface area contributed by atoms with Crippen LogP contribution in [0.25, 0.3) is 0 Å². The van der Waals surface area contributed by atoms with Crippen molar-refractivity contribution < 1.29 is 17.9 Å². The van der Waals surface area contributed by atoms with Crippen LogP contribution in [0, 0.1) is 17.6 Å². The summed E-state index contributed by atoms with van der Waals surface area (Å²) in [5.41, 5.74) is 0. The number of anilines is 1. The highest BCUT2D eigenvalue weighted by molar-refractivity contribution is 5.37. The van der Waals surface area contributed by atoms with Crippen LogP contribution < -0.4 is 5.32 Å². The zero-order valence-electron chi connectivity index (χ0n) is 9.06. The zero-order valence-corrected chi connectivity index (χ0v) is 9.06. The van der Waals surface area contributed by atoms with E-state index < -0.39 is 17.6 Å². The number of ether oxygens (including phenoxy) is 1. The van der Waals surface area contributed by atoms with E-state index in [-0.39, 0.29) is 11.9 Å². The molecule has 0 spiro atoms. The van der Waals surface area contributed by atoms with Crippen LogP contribution in [0.5, 0.6) is 0 Å². The van der Waals surface area contributed by atoms with E-state index in [1.54, 1.807) is 6.92 Å². The van der Waals surface area contributed by atoms with Crippen molar-refractivity contribution >= 4 is 5.82 Å². The summed E-state index contributed by atoms with van der Waals surface area (Å²) < 4.78 is 43.5. The Bertz CT molecular complexity index is 360. The molecule has 1 aromatic rings. The van der Waals surface area contributed by atoms with Gasteiger partial charge in [0.15, 0.2) is 17.5 Å². The number of nitrogens with zero attached hydrogens (tertiary/aromatic N) is 1. The minimum absolute atomic E-state index is 0.244. The van der Waals surface area contributed by atoms with Crippen molar-refractivity contribution in [3.63, 3.8) is 0 Å². The molecule has 0 radical (unpaired) electrons. The Balaban J connectivity index is 2.69. The second kappa shape index (κ2) is 5.69. The molecule has 0 aliphatic heterocycles. The molecule has 0 saturated carbocycles. The third kappa shape index (κ3) is 3.37. The van der Waals surface area contributed by atoms with Crippen molar-refractivity contribution in [2.24, 2.45) is 0 Å². The molecule has 6 heteroatoms. The molecule has 1 aromatic heterocycles. The molecule has 0 amide bonds. The van der Waals surface area contributed by atoms with Gasteiger partial charge < -0.3 is 10.1 Å². The fraction of sp³-hybridized carbons (Fsp3) is 0.500. The average molecular weight is 234 g/mol. The molecule has 1 atom stereocenters. The van der Waals surface area contributed by atoms with Crippen molar-refractivity contribution in [2.45, 2.75) is 19.9 Å². The molecule has 0 fully saturated rings. The number of pyridine rings is 1. The van der Waals surface area contributed by atoms with Gasteiger partial charge in [0.05, 0.1) is 6.61 Å². The molecule has 0 aliphatic carbocycles. The number of nitrogens with one attached hydrogen (secondary N) is 1. The molecule has 1 rings (SSSR count). The smallest absolute Gasteiger partial charge is 0.251 e. The molecule has 1 N–H and O–H groups in total. The fourth-order valence-corrected chi connectivity index (χ4v) is 1.12. The summed E-state index contributed by atoms with van der Waals surface area (Å²) in [5.74, 6) is -3.87. The Labute approximate surface area is 91.6 Å².